The normalized spacial score (nSPS) is 16.7. The molecule has 10 heteroatoms. The van der Waals surface area contributed by atoms with Gasteiger partial charge in [-0.15, -0.1) is 0 Å². The first-order valence-electron chi connectivity index (χ1n) is 6.03. The fourth-order valence-corrected chi connectivity index (χ4v) is 1.36. The van der Waals surface area contributed by atoms with Crippen molar-refractivity contribution in [3.8, 4) is 0 Å². The molecule has 4 atom stereocenters. The van der Waals surface area contributed by atoms with E-state index >= 15 is 0 Å². The molecule has 1 amide bonds. The van der Waals surface area contributed by atoms with Crippen LogP contribution in [0.25, 0.3) is 0 Å². The van der Waals surface area contributed by atoms with Crippen LogP contribution in [0.15, 0.2) is 29.6 Å². The number of nitrogens with one attached hydrogen (secondary N) is 1. The second kappa shape index (κ2) is 8.14. The summed E-state index contributed by atoms with van der Waals surface area (Å²) >= 11 is 0. The number of aromatic nitrogens is 1. The number of nitrogens with zero attached hydrogens (tertiary/aromatic N) is 2. The molecule has 0 spiro atoms. The molecule has 0 aliphatic carbocycles. The Balaban J connectivity index is 2.55. The van der Waals surface area contributed by atoms with Crippen molar-refractivity contribution in [1.29, 1.82) is 0 Å². The van der Waals surface area contributed by atoms with E-state index in [1.54, 1.807) is 0 Å². The van der Waals surface area contributed by atoms with Gasteiger partial charge in [-0.2, -0.15) is 5.10 Å². The van der Waals surface area contributed by atoms with Crippen molar-refractivity contribution in [2.75, 3.05) is 0 Å². The van der Waals surface area contributed by atoms with Crippen LogP contribution in [-0.4, -0.2) is 73.0 Å². The fourth-order valence-electron chi connectivity index (χ4n) is 1.36. The maximum absolute atomic E-state index is 11.6. The van der Waals surface area contributed by atoms with E-state index in [1.807, 2.05) is 5.43 Å². The second-order valence-corrected chi connectivity index (χ2v) is 4.21. The van der Waals surface area contributed by atoms with Gasteiger partial charge in [0.2, 0.25) is 0 Å². The van der Waals surface area contributed by atoms with Gasteiger partial charge in [0.15, 0.2) is 6.10 Å². The SMILES string of the molecule is O=C(NN=C[C@H](O)[C@H](O)[C@H](O)[C@H](O)C(=O)O)c1ccncc1. The average molecular weight is 313 g/mol. The number of aliphatic carboxylic acids is 1. The number of aliphatic hydroxyl groups excluding tert-OH is 4. The Morgan fingerprint density at radius 2 is 1.73 bits per heavy atom. The van der Waals surface area contributed by atoms with Crippen LogP contribution < -0.4 is 5.43 Å². The van der Waals surface area contributed by atoms with Crippen molar-refractivity contribution in [2.24, 2.45) is 5.10 Å². The third-order valence-corrected chi connectivity index (χ3v) is 2.61. The molecule has 0 bridgehead atoms. The molecule has 0 aromatic carbocycles. The van der Waals surface area contributed by atoms with E-state index in [-0.39, 0.29) is 5.56 Å². The number of pyridine rings is 1. The molecule has 1 rings (SSSR count). The van der Waals surface area contributed by atoms with Gasteiger partial charge in [-0.25, -0.2) is 10.2 Å². The molecule has 1 aromatic heterocycles. The third kappa shape index (κ3) is 4.86. The Morgan fingerprint density at radius 3 is 2.27 bits per heavy atom. The van der Waals surface area contributed by atoms with Crippen LogP contribution >= 0.6 is 0 Å². The highest BCUT2D eigenvalue weighted by molar-refractivity contribution is 5.94. The number of carboxylic acids is 1. The highest BCUT2D eigenvalue weighted by atomic mass is 16.4. The minimum atomic E-state index is -2.27. The van der Waals surface area contributed by atoms with Crippen molar-refractivity contribution in [3.05, 3.63) is 30.1 Å². The second-order valence-electron chi connectivity index (χ2n) is 4.21. The molecule has 0 fully saturated rings. The van der Waals surface area contributed by atoms with Gasteiger partial charge >= 0.3 is 5.97 Å². The zero-order chi connectivity index (χ0) is 16.7. The minimum Gasteiger partial charge on any atom is -0.479 e. The first-order valence-corrected chi connectivity index (χ1v) is 6.03. The number of hydrogen-bond acceptors (Lipinski definition) is 8. The Morgan fingerprint density at radius 1 is 1.14 bits per heavy atom. The molecule has 0 radical (unpaired) electrons. The Hall–Kier alpha value is -2.40. The third-order valence-electron chi connectivity index (χ3n) is 2.61. The van der Waals surface area contributed by atoms with Gasteiger partial charge in [0.05, 0.1) is 6.21 Å². The van der Waals surface area contributed by atoms with Crippen molar-refractivity contribution < 1.29 is 35.1 Å². The zero-order valence-corrected chi connectivity index (χ0v) is 11.1. The molecule has 0 aliphatic heterocycles. The summed E-state index contributed by atoms with van der Waals surface area (Å²) in [6, 6.07) is 2.84. The summed E-state index contributed by atoms with van der Waals surface area (Å²) in [5.74, 6) is -2.37. The number of aliphatic hydroxyl groups is 4. The molecular formula is C12H15N3O7. The fraction of sp³-hybridized carbons (Fsp3) is 0.333. The van der Waals surface area contributed by atoms with E-state index < -0.39 is 36.3 Å². The van der Waals surface area contributed by atoms with Gasteiger partial charge in [0.1, 0.15) is 18.3 Å². The largest absolute Gasteiger partial charge is 0.479 e. The predicted octanol–water partition coefficient (Wildman–Crippen LogP) is -2.67. The van der Waals surface area contributed by atoms with E-state index in [4.69, 9.17) is 10.2 Å². The number of carbonyl (C=O) groups is 2. The van der Waals surface area contributed by atoms with Crippen molar-refractivity contribution >= 4 is 18.1 Å². The summed E-state index contributed by atoms with van der Waals surface area (Å²) in [6.45, 7) is 0. The first kappa shape index (κ1) is 17.7. The molecule has 0 unspecified atom stereocenters. The number of carboxylic acid groups (broad SMARTS) is 1. The van der Waals surface area contributed by atoms with E-state index in [2.05, 4.69) is 10.1 Å². The van der Waals surface area contributed by atoms with Crippen LogP contribution in [0.2, 0.25) is 0 Å². The van der Waals surface area contributed by atoms with Gasteiger partial charge in [-0.1, -0.05) is 0 Å². The summed E-state index contributed by atoms with van der Waals surface area (Å²) < 4.78 is 0. The summed E-state index contributed by atoms with van der Waals surface area (Å²) in [6.07, 6.45) is -4.75. The van der Waals surface area contributed by atoms with E-state index in [1.165, 1.54) is 24.5 Å². The van der Waals surface area contributed by atoms with Crippen molar-refractivity contribution in [1.82, 2.24) is 10.4 Å². The van der Waals surface area contributed by atoms with Crippen molar-refractivity contribution in [2.45, 2.75) is 24.4 Å². The van der Waals surface area contributed by atoms with Crippen LogP contribution in [0.1, 0.15) is 10.4 Å². The number of hydrogen-bond donors (Lipinski definition) is 6. The van der Waals surface area contributed by atoms with Gasteiger partial charge in [-0.3, -0.25) is 9.78 Å². The smallest absolute Gasteiger partial charge is 0.335 e. The van der Waals surface area contributed by atoms with Crippen molar-refractivity contribution in [3.63, 3.8) is 0 Å². The van der Waals surface area contributed by atoms with Gasteiger partial charge < -0.3 is 25.5 Å². The predicted molar refractivity (Wildman–Crippen MR) is 71.9 cm³/mol. The lowest BCUT2D eigenvalue weighted by Crippen LogP contribution is -2.48. The maximum atomic E-state index is 11.6. The molecule has 1 heterocycles. The molecule has 0 saturated heterocycles. The molecule has 22 heavy (non-hydrogen) atoms. The summed E-state index contributed by atoms with van der Waals surface area (Å²) in [5, 5.41) is 49.1. The maximum Gasteiger partial charge on any atom is 0.335 e. The lowest BCUT2D eigenvalue weighted by atomic mass is 10.0. The molecule has 10 nitrogen and oxygen atoms in total. The Kier molecular flexibility index (Phi) is 6.53. The minimum absolute atomic E-state index is 0.253. The van der Waals surface area contributed by atoms with E-state index in [0.29, 0.717) is 6.21 Å². The van der Waals surface area contributed by atoms with Crippen LogP contribution in [0.5, 0.6) is 0 Å². The molecule has 0 aliphatic rings. The molecule has 6 N–H and O–H groups in total. The van der Waals surface area contributed by atoms with Gasteiger partial charge in [0, 0.05) is 18.0 Å². The van der Waals surface area contributed by atoms with Crippen LogP contribution in [-0.2, 0) is 4.79 Å². The number of hydrazone groups is 1. The first-order chi connectivity index (χ1) is 10.3. The average Bonchev–Trinajstić information content (AvgIpc) is 2.53. The molecular weight excluding hydrogens is 298 g/mol. The quantitative estimate of drug-likeness (QED) is 0.233. The van der Waals surface area contributed by atoms with Crippen LogP contribution in [0.3, 0.4) is 0 Å². The number of amides is 1. The Labute approximate surface area is 124 Å². The van der Waals surface area contributed by atoms with Gasteiger partial charge in [-0.05, 0) is 12.1 Å². The topological polar surface area (TPSA) is 173 Å². The molecule has 0 saturated carbocycles. The lowest BCUT2D eigenvalue weighted by Gasteiger charge is -2.22. The number of rotatable bonds is 7. The summed E-state index contributed by atoms with van der Waals surface area (Å²) in [4.78, 5) is 25.7. The summed E-state index contributed by atoms with van der Waals surface area (Å²) in [7, 11) is 0. The van der Waals surface area contributed by atoms with E-state index in [0.717, 1.165) is 0 Å². The van der Waals surface area contributed by atoms with Gasteiger partial charge in [0.25, 0.3) is 5.91 Å². The molecule has 120 valence electrons. The lowest BCUT2D eigenvalue weighted by molar-refractivity contribution is -0.160. The standard InChI is InChI=1S/C12H15N3O7/c16-7(8(17)9(18)10(19)12(21)22)5-14-15-11(20)6-1-3-13-4-2-6/h1-5,7-10,16-19H,(H,15,20)(H,21,22)/t7-,8-,9-,10-/m0/s1. The monoisotopic (exact) mass is 313 g/mol. The Bertz CT molecular complexity index is 537. The zero-order valence-electron chi connectivity index (χ0n) is 11.1. The van der Waals surface area contributed by atoms with Crippen LogP contribution in [0, 0.1) is 0 Å². The highest BCUT2D eigenvalue weighted by Gasteiger charge is 2.33. The number of carbonyl (C=O) groups excluding carboxylic acids is 1. The van der Waals surface area contributed by atoms with Crippen LogP contribution in [0.4, 0.5) is 0 Å². The highest BCUT2D eigenvalue weighted by Crippen LogP contribution is 2.04. The molecule has 1 aromatic rings. The van der Waals surface area contributed by atoms with E-state index in [9.17, 15) is 24.9 Å². The summed E-state index contributed by atoms with van der Waals surface area (Å²) in [5.41, 5.74) is 2.30.